The van der Waals surface area contributed by atoms with Crippen molar-refractivity contribution < 1.29 is 17.9 Å². The number of hydrogen-bond acceptors (Lipinski definition) is 4. The molecule has 2 rings (SSSR count). The summed E-state index contributed by atoms with van der Waals surface area (Å²) in [6, 6.07) is 12.1. The molecule has 0 radical (unpaired) electrons. The Bertz CT molecular complexity index is 749. The van der Waals surface area contributed by atoms with E-state index in [2.05, 4.69) is 0 Å². The molecule has 0 bridgehead atoms. The highest BCUT2D eigenvalue weighted by Crippen LogP contribution is 2.34. The second-order valence-electron chi connectivity index (χ2n) is 5.11. The van der Waals surface area contributed by atoms with Gasteiger partial charge in [-0.15, -0.1) is 0 Å². The zero-order chi connectivity index (χ0) is 16.3. The lowest BCUT2D eigenvalue weighted by molar-refractivity contribution is 0.354. The van der Waals surface area contributed by atoms with Crippen molar-refractivity contribution in [2.24, 2.45) is 0 Å². The normalized spacial score (nSPS) is 12.7. The molecule has 0 aromatic heterocycles. The lowest BCUT2D eigenvalue weighted by Crippen LogP contribution is -2.11. The number of sulfone groups is 1. The molecular formula is C17H20O4S. The first-order chi connectivity index (χ1) is 10.4. The van der Waals surface area contributed by atoms with E-state index in [0.29, 0.717) is 22.0 Å². The van der Waals surface area contributed by atoms with Crippen LogP contribution >= 0.6 is 0 Å². The van der Waals surface area contributed by atoms with E-state index in [1.165, 1.54) is 7.11 Å². The lowest BCUT2D eigenvalue weighted by atomic mass is 10.1. The molecular weight excluding hydrogens is 300 g/mol. The van der Waals surface area contributed by atoms with E-state index in [4.69, 9.17) is 9.47 Å². The molecule has 0 fully saturated rings. The van der Waals surface area contributed by atoms with E-state index in [9.17, 15) is 8.42 Å². The molecule has 118 valence electrons. The molecule has 22 heavy (non-hydrogen) atoms. The quantitative estimate of drug-likeness (QED) is 0.845. The zero-order valence-corrected chi connectivity index (χ0v) is 14.0. The monoisotopic (exact) mass is 320 g/mol. The fraction of sp³-hybridized carbons (Fsp3) is 0.294. The van der Waals surface area contributed by atoms with Gasteiger partial charge >= 0.3 is 0 Å². The van der Waals surface area contributed by atoms with Crippen molar-refractivity contribution in [2.75, 3.05) is 14.2 Å². The van der Waals surface area contributed by atoms with Gasteiger partial charge in [-0.1, -0.05) is 23.8 Å². The van der Waals surface area contributed by atoms with Crippen molar-refractivity contribution in [1.29, 1.82) is 0 Å². The fourth-order valence-corrected chi connectivity index (χ4v) is 3.65. The van der Waals surface area contributed by atoms with Crippen molar-refractivity contribution in [3.63, 3.8) is 0 Å². The molecule has 2 aromatic rings. The molecule has 4 nitrogen and oxygen atoms in total. The van der Waals surface area contributed by atoms with E-state index in [0.717, 1.165) is 5.56 Å². The van der Waals surface area contributed by atoms with Crippen LogP contribution in [0.25, 0.3) is 0 Å². The second kappa shape index (κ2) is 6.40. The fourth-order valence-electron chi connectivity index (χ4n) is 2.22. The minimum absolute atomic E-state index is 0.320. The molecule has 0 aliphatic carbocycles. The number of rotatable bonds is 5. The van der Waals surface area contributed by atoms with Gasteiger partial charge in [0.05, 0.1) is 24.4 Å². The molecule has 0 saturated heterocycles. The third kappa shape index (κ3) is 3.09. The summed E-state index contributed by atoms with van der Waals surface area (Å²) in [6.45, 7) is 3.60. The maximum Gasteiger partial charge on any atom is 0.185 e. The van der Waals surface area contributed by atoms with Gasteiger partial charge in [0, 0.05) is 0 Å². The number of benzene rings is 2. The Balaban J connectivity index is 2.42. The van der Waals surface area contributed by atoms with Crippen LogP contribution in [0.3, 0.4) is 0 Å². The summed E-state index contributed by atoms with van der Waals surface area (Å²) in [5.74, 6) is 1.09. The zero-order valence-electron chi connectivity index (χ0n) is 13.2. The summed E-state index contributed by atoms with van der Waals surface area (Å²) in [5, 5.41) is -0.671. The molecule has 0 aliphatic rings. The van der Waals surface area contributed by atoms with Crippen LogP contribution in [0.4, 0.5) is 0 Å². The number of hydrogen-bond donors (Lipinski definition) is 0. The largest absolute Gasteiger partial charge is 0.493 e. The first kappa shape index (κ1) is 16.4. The van der Waals surface area contributed by atoms with Gasteiger partial charge in [0.15, 0.2) is 21.3 Å². The lowest BCUT2D eigenvalue weighted by Gasteiger charge is -2.16. The Labute approximate surface area is 131 Å². The van der Waals surface area contributed by atoms with Crippen molar-refractivity contribution in [2.45, 2.75) is 24.0 Å². The molecule has 0 aliphatic heterocycles. The SMILES string of the molecule is COc1ccc(C(C)S(=O)(=O)c2ccc(C)cc2)cc1OC. The summed E-state index contributed by atoms with van der Waals surface area (Å²) in [4.78, 5) is 0.320. The van der Waals surface area contributed by atoms with Gasteiger partial charge in [-0.2, -0.15) is 0 Å². The van der Waals surface area contributed by atoms with E-state index in [1.807, 2.05) is 6.92 Å². The standard InChI is InChI=1S/C17H20O4S/c1-12-5-8-15(9-6-12)22(18,19)13(2)14-7-10-16(20-3)17(11-14)21-4/h5-11,13H,1-4H3. The summed E-state index contributed by atoms with van der Waals surface area (Å²) in [5.41, 5.74) is 1.69. The van der Waals surface area contributed by atoms with Gasteiger partial charge in [-0.05, 0) is 43.7 Å². The predicted molar refractivity (Wildman–Crippen MR) is 86.3 cm³/mol. The van der Waals surface area contributed by atoms with E-state index >= 15 is 0 Å². The third-order valence-electron chi connectivity index (χ3n) is 3.69. The van der Waals surface area contributed by atoms with Crippen LogP contribution in [0.2, 0.25) is 0 Å². The number of aryl methyl sites for hydroxylation is 1. The van der Waals surface area contributed by atoms with E-state index < -0.39 is 15.1 Å². The second-order valence-corrected chi connectivity index (χ2v) is 7.38. The van der Waals surface area contributed by atoms with Crippen LogP contribution in [-0.2, 0) is 9.84 Å². The Hall–Kier alpha value is -2.01. The van der Waals surface area contributed by atoms with Crippen molar-refractivity contribution in [1.82, 2.24) is 0 Å². The molecule has 0 amide bonds. The topological polar surface area (TPSA) is 52.6 Å². The van der Waals surface area contributed by atoms with Crippen LogP contribution in [0.15, 0.2) is 47.4 Å². The summed E-state index contributed by atoms with van der Waals surface area (Å²) < 4.78 is 35.9. The van der Waals surface area contributed by atoms with E-state index in [1.54, 1.807) is 56.5 Å². The molecule has 0 heterocycles. The van der Waals surface area contributed by atoms with Crippen LogP contribution < -0.4 is 9.47 Å². The van der Waals surface area contributed by atoms with E-state index in [-0.39, 0.29) is 0 Å². The summed E-state index contributed by atoms with van der Waals surface area (Å²) >= 11 is 0. The van der Waals surface area contributed by atoms with Crippen LogP contribution in [0.1, 0.15) is 23.3 Å². The van der Waals surface area contributed by atoms with Crippen LogP contribution in [0.5, 0.6) is 11.5 Å². The Morgan fingerprint density at radius 1 is 0.909 bits per heavy atom. The molecule has 2 aromatic carbocycles. The maximum absolute atomic E-state index is 12.7. The average molecular weight is 320 g/mol. The van der Waals surface area contributed by atoms with Gasteiger partial charge in [0.1, 0.15) is 0 Å². The molecule has 1 atom stereocenters. The highest BCUT2D eigenvalue weighted by Gasteiger charge is 2.25. The molecule has 1 unspecified atom stereocenters. The first-order valence-electron chi connectivity index (χ1n) is 6.92. The minimum Gasteiger partial charge on any atom is -0.493 e. The highest BCUT2D eigenvalue weighted by atomic mass is 32.2. The van der Waals surface area contributed by atoms with Gasteiger partial charge in [0.2, 0.25) is 0 Å². The number of methoxy groups -OCH3 is 2. The summed E-state index contributed by atoms with van der Waals surface area (Å²) in [6.07, 6.45) is 0. The molecule has 5 heteroatoms. The highest BCUT2D eigenvalue weighted by molar-refractivity contribution is 7.91. The molecule has 0 spiro atoms. The van der Waals surface area contributed by atoms with Gasteiger partial charge in [0.25, 0.3) is 0 Å². The smallest absolute Gasteiger partial charge is 0.185 e. The maximum atomic E-state index is 12.7. The third-order valence-corrected chi connectivity index (χ3v) is 5.82. The summed E-state index contributed by atoms with van der Waals surface area (Å²) in [7, 11) is -0.376. The van der Waals surface area contributed by atoms with Crippen molar-refractivity contribution in [3.8, 4) is 11.5 Å². The average Bonchev–Trinajstić information content (AvgIpc) is 2.53. The molecule has 0 saturated carbocycles. The van der Waals surface area contributed by atoms with Gasteiger partial charge < -0.3 is 9.47 Å². The van der Waals surface area contributed by atoms with Crippen molar-refractivity contribution >= 4 is 9.84 Å². The van der Waals surface area contributed by atoms with Gasteiger partial charge in [-0.25, -0.2) is 8.42 Å². The Kier molecular flexibility index (Phi) is 4.76. The predicted octanol–water partition coefficient (Wildman–Crippen LogP) is 3.55. The van der Waals surface area contributed by atoms with Gasteiger partial charge in [-0.3, -0.25) is 0 Å². The number of ether oxygens (including phenoxy) is 2. The minimum atomic E-state index is -3.45. The molecule has 0 N–H and O–H groups in total. The first-order valence-corrected chi connectivity index (χ1v) is 8.47. The Morgan fingerprint density at radius 3 is 2.05 bits per heavy atom. The van der Waals surface area contributed by atoms with Crippen LogP contribution in [-0.4, -0.2) is 22.6 Å². The van der Waals surface area contributed by atoms with Crippen molar-refractivity contribution in [3.05, 3.63) is 53.6 Å². The van der Waals surface area contributed by atoms with Crippen LogP contribution in [0, 0.1) is 6.92 Å². The Morgan fingerprint density at radius 2 is 1.50 bits per heavy atom.